The van der Waals surface area contributed by atoms with E-state index in [0.29, 0.717) is 13.1 Å². The molecule has 1 aliphatic rings. The lowest BCUT2D eigenvalue weighted by atomic mass is 9.99. The van der Waals surface area contributed by atoms with E-state index in [2.05, 4.69) is 49.6 Å². The molecule has 32 heavy (non-hydrogen) atoms. The number of fused-ring (bicyclic) bond motifs is 1. The Kier molecular flexibility index (Phi) is 8.72. The predicted octanol–water partition coefficient (Wildman–Crippen LogP) is 4.46. The van der Waals surface area contributed by atoms with E-state index < -0.39 is 0 Å². The number of hydrogen-bond donors (Lipinski definition) is 3. The molecule has 0 amide bonds. The molecule has 3 aromatic rings. The van der Waals surface area contributed by atoms with E-state index in [9.17, 15) is 4.39 Å². The molecule has 172 valence electrons. The van der Waals surface area contributed by atoms with Gasteiger partial charge in [-0.3, -0.25) is 4.99 Å². The van der Waals surface area contributed by atoms with Crippen LogP contribution in [0.15, 0.2) is 47.7 Å². The third kappa shape index (κ3) is 6.11. The van der Waals surface area contributed by atoms with E-state index in [4.69, 9.17) is 0 Å². The maximum absolute atomic E-state index is 13.5. The van der Waals surface area contributed by atoms with Crippen LogP contribution in [0.4, 0.5) is 10.2 Å². The Bertz CT molecular complexity index is 1020. The van der Waals surface area contributed by atoms with Gasteiger partial charge in [0.05, 0.1) is 0 Å². The molecule has 0 bridgehead atoms. The molecular formula is C24H32FIN6. The summed E-state index contributed by atoms with van der Waals surface area (Å²) in [5.41, 5.74) is 3.16. The summed E-state index contributed by atoms with van der Waals surface area (Å²) in [5, 5.41) is 7.59. The number of guanidine groups is 1. The van der Waals surface area contributed by atoms with Gasteiger partial charge in [0.2, 0.25) is 0 Å². The summed E-state index contributed by atoms with van der Waals surface area (Å²) in [6.07, 6.45) is 7.13. The van der Waals surface area contributed by atoms with Crippen LogP contribution in [0.3, 0.4) is 0 Å². The third-order valence-electron chi connectivity index (χ3n) is 6.02. The van der Waals surface area contributed by atoms with Crippen molar-refractivity contribution in [2.24, 2.45) is 10.9 Å². The number of rotatable bonds is 6. The first-order valence-corrected chi connectivity index (χ1v) is 11.0. The molecule has 6 nitrogen and oxygen atoms in total. The zero-order valence-corrected chi connectivity index (χ0v) is 21.0. The highest BCUT2D eigenvalue weighted by Gasteiger charge is 2.16. The molecule has 0 aliphatic carbocycles. The first-order valence-electron chi connectivity index (χ1n) is 11.0. The van der Waals surface area contributed by atoms with E-state index in [1.807, 2.05) is 12.4 Å². The first kappa shape index (κ1) is 24.3. The number of benzene rings is 1. The number of aromatic nitrogens is 2. The second kappa shape index (κ2) is 11.5. The Labute approximate surface area is 206 Å². The van der Waals surface area contributed by atoms with Crippen LogP contribution in [-0.2, 0) is 13.0 Å². The van der Waals surface area contributed by atoms with Crippen LogP contribution in [0.5, 0.6) is 0 Å². The molecule has 0 unspecified atom stereocenters. The Balaban J connectivity index is 0.00000289. The molecule has 4 rings (SSSR count). The summed E-state index contributed by atoms with van der Waals surface area (Å²) in [5.74, 6) is 2.40. The van der Waals surface area contributed by atoms with Gasteiger partial charge in [0.15, 0.2) is 5.96 Å². The smallest absolute Gasteiger partial charge is 0.191 e. The SMILES string of the molecule is CN=C(NCCc1c[nH]c2ccc(F)cc12)NCc1ccc(N2CCC(C)CC2)nc1.I. The van der Waals surface area contributed by atoms with Crippen molar-refractivity contribution in [3.63, 3.8) is 0 Å². The van der Waals surface area contributed by atoms with E-state index >= 15 is 0 Å². The summed E-state index contributed by atoms with van der Waals surface area (Å²) in [6, 6.07) is 9.06. The van der Waals surface area contributed by atoms with Crippen molar-refractivity contribution in [2.45, 2.75) is 32.7 Å². The van der Waals surface area contributed by atoms with Crippen LogP contribution in [0.25, 0.3) is 10.9 Å². The average molecular weight is 550 g/mol. The van der Waals surface area contributed by atoms with Crippen molar-refractivity contribution in [1.29, 1.82) is 0 Å². The summed E-state index contributed by atoms with van der Waals surface area (Å²) >= 11 is 0. The summed E-state index contributed by atoms with van der Waals surface area (Å²) in [7, 11) is 1.76. The number of nitrogens with zero attached hydrogens (tertiary/aromatic N) is 3. The van der Waals surface area contributed by atoms with Crippen molar-refractivity contribution in [3.8, 4) is 0 Å². The Hall–Kier alpha value is -2.36. The van der Waals surface area contributed by atoms with E-state index in [-0.39, 0.29) is 29.8 Å². The standard InChI is InChI=1S/C24H31FN6.HI/c1-17-8-11-31(12-9-17)23-6-3-18(14-29-23)15-30-24(26-2)27-10-7-19-16-28-22-5-4-20(25)13-21(19)22;/h3-6,13-14,16-17,28H,7-12,15H2,1-2H3,(H2,26,27,30);1H. The second-order valence-corrected chi connectivity index (χ2v) is 8.30. The van der Waals surface area contributed by atoms with Crippen LogP contribution in [0, 0.1) is 11.7 Å². The topological polar surface area (TPSA) is 68.3 Å². The molecule has 1 saturated heterocycles. The fourth-order valence-electron chi connectivity index (χ4n) is 4.03. The van der Waals surface area contributed by atoms with Gasteiger partial charge >= 0.3 is 0 Å². The predicted molar refractivity (Wildman–Crippen MR) is 140 cm³/mol. The molecule has 1 aliphatic heterocycles. The van der Waals surface area contributed by atoms with Crippen LogP contribution >= 0.6 is 24.0 Å². The van der Waals surface area contributed by atoms with Crippen molar-refractivity contribution in [1.82, 2.24) is 20.6 Å². The molecule has 8 heteroatoms. The number of hydrogen-bond acceptors (Lipinski definition) is 3. The highest BCUT2D eigenvalue weighted by molar-refractivity contribution is 14.0. The van der Waals surface area contributed by atoms with Gasteiger partial charge in [-0.2, -0.15) is 0 Å². The minimum absolute atomic E-state index is 0. The fraction of sp³-hybridized carbons (Fsp3) is 0.417. The number of aliphatic imine (C=N–C) groups is 1. The zero-order valence-electron chi connectivity index (χ0n) is 18.7. The molecule has 0 radical (unpaired) electrons. The molecule has 1 aromatic carbocycles. The van der Waals surface area contributed by atoms with E-state index in [1.54, 1.807) is 19.2 Å². The highest BCUT2D eigenvalue weighted by Crippen LogP contribution is 2.21. The molecule has 1 fully saturated rings. The second-order valence-electron chi connectivity index (χ2n) is 8.30. The lowest BCUT2D eigenvalue weighted by Crippen LogP contribution is -2.38. The van der Waals surface area contributed by atoms with Crippen LogP contribution in [0.2, 0.25) is 0 Å². The molecule has 0 spiro atoms. The normalized spacial score (nSPS) is 15.0. The van der Waals surface area contributed by atoms with Gasteiger partial charge in [0.1, 0.15) is 11.6 Å². The van der Waals surface area contributed by atoms with Crippen LogP contribution < -0.4 is 15.5 Å². The highest BCUT2D eigenvalue weighted by atomic mass is 127. The van der Waals surface area contributed by atoms with Crippen LogP contribution in [-0.4, -0.2) is 42.6 Å². The molecule has 3 heterocycles. The summed E-state index contributed by atoms with van der Waals surface area (Å²) in [4.78, 5) is 14.5. The van der Waals surface area contributed by atoms with Gasteiger partial charge in [-0.1, -0.05) is 13.0 Å². The number of piperidine rings is 1. The number of halogens is 2. The number of H-pyrrole nitrogens is 1. The van der Waals surface area contributed by atoms with Crippen molar-refractivity contribution < 1.29 is 4.39 Å². The Morgan fingerprint density at radius 3 is 2.75 bits per heavy atom. The minimum Gasteiger partial charge on any atom is -0.361 e. The maximum atomic E-state index is 13.5. The molecule has 3 N–H and O–H groups in total. The van der Waals surface area contributed by atoms with Crippen molar-refractivity contribution in [3.05, 3.63) is 59.7 Å². The van der Waals surface area contributed by atoms with E-state index in [0.717, 1.165) is 59.2 Å². The number of anilines is 1. The van der Waals surface area contributed by atoms with Crippen LogP contribution in [0.1, 0.15) is 30.9 Å². The van der Waals surface area contributed by atoms with Crippen molar-refractivity contribution in [2.75, 3.05) is 31.6 Å². The molecule has 0 atom stereocenters. The first-order chi connectivity index (χ1) is 15.1. The van der Waals surface area contributed by atoms with Gasteiger partial charge < -0.3 is 20.5 Å². The van der Waals surface area contributed by atoms with Gasteiger partial charge in [-0.05, 0) is 60.6 Å². The fourth-order valence-corrected chi connectivity index (χ4v) is 4.03. The van der Waals surface area contributed by atoms with Crippen molar-refractivity contribution >= 4 is 46.7 Å². The number of nitrogens with one attached hydrogen (secondary N) is 3. The minimum atomic E-state index is -0.215. The zero-order chi connectivity index (χ0) is 21.6. The molecule has 2 aromatic heterocycles. The molecule has 0 saturated carbocycles. The summed E-state index contributed by atoms with van der Waals surface area (Å²) < 4.78 is 13.5. The monoisotopic (exact) mass is 550 g/mol. The Morgan fingerprint density at radius 2 is 2.03 bits per heavy atom. The van der Waals surface area contributed by atoms with Gasteiger partial charge in [0, 0.05) is 56.5 Å². The lowest BCUT2D eigenvalue weighted by Gasteiger charge is -2.31. The quantitative estimate of drug-likeness (QED) is 0.241. The van der Waals surface area contributed by atoms with E-state index in [1.165, 1.54) is 18.9 Å². The summed E-state index contributed by atoms with van der Waals surface area (Å²) in [6.45, 7) is 5.85. The van der Waals surface area contributed by atoms with Gasteiger partial charge in [-0.25, -0.2) is 9.37 Å². The maximum Gasteiger partial charge on any atom is 0.191 e. The Morgan fingerprint density at radius 1 is 1.22 bits per heavy atom. The van der Waals surface area contributed by atoms with Gasteiger partial charge in [-0.15, -0.1) is 24.0 Å². The van der Waals surface area contributed by atoms with Gasteiger partial charge in [0.25, 0.3) is 0 Å². The third-order valence-corrected chi connectivity index (χ3v) is 6.02. The number of aromatic amines is 1. The largest absolute Gasteiger partial charge is 0.361 e. The number of pyridine rings is 1. The average Bonchev–Trinajstić information content (AvgIpc) is 3.19. The lowest BCUT2D eigenvalue weighted by molar-refractivity contribution is 0.436. The molecular weight excluding hydrogens is 518 g/mol.